The molecular weight excluding hydrogens is 196 g/mol. The molecule has 0 aliphatic carbocycles. The van der Waals surface area contributed by atoms with E-state index in [1.807, 2.05) is 0 Å². The molecule has 0 atom stereocenters. The van der Waals surface area contributed by atoms with Crippen LogP contribution < -0.4 is 5.73 Å². The highest BCUT2D eigenvalue weighted by Crippen LogP contribution is 2.21. The number of nitrogen functional groups attached to an aromatic ring is 1. The minimum Gasteiger partial charge on any atom is -0.459 e. The Bertz CT molecular complexity index is 504. The van der Waals surface area contributed by atoms with E-state index in [4.69, 9.17) is 14.9 Å². The monoisotopic (exact) mass is 206 g/mol. The number of ether oxygens (including phenoxy) is 1. The molecule has 2 N–H and O–H groups in total. The van der Waals surface area contributed by atoms with Crippen molar-refractivity contribution in [1.29, 1.82) is 0 Å². The Balaban J connectivity index is 2.47. The number of para-hydroxylation sites is 1. The summed E-state index contributed by atoms with van der Waals surface area (Å²) < 4.78 is 9.96. The van der Waals surface area contributed by atoms with Gasteiger partial charge in [0.15, 0.2) is 5.58 Å². The number of carbonyl (C=O) groups is 1. The van der Waals surface area contributed by atoms with E-state index in [2.05, 4.69) is 4.98 Å². The Morgan fingerprint density at radius 3 is 3.07 bits per heavy atom. The van der Waals surface area contributed by atoms with Crippen molar-refractivity contribution >= 4 is 22.8 Å². The van der Waals surface area contributed by atoms with E-state index < -0.39 is 5.97 Å². The second-order valence-corrected chi connectivity index (χ2v) is 2.93. The van der Waals surface area contributed by atoms with E-state index in [1.165, 1.54) is 0 Å². The lowest BCUT2D eigenvalue weighted by molar-refractivity contribution is 0.0483. The Labute approximate surface area is 85.8 Å². The first-order valence-electron chi connectivity index (χ1n) is 4.54. The summed E-state index contributed by atoms with van der Waals surface area (Å²) in [5.74, 6) is -0.641. The van der Waals surface area contributed by atoms with Crippen molar-refractivity contribution in [2.75, 3.05) is 12.3 Å². The molecule has 0 fully saturated rings. The normalized spacial score (nSPS) is 10.5. The van der Waals surface area contributed by atoms with E-state index in [0.29, 0.717) is 16.8 Å². The Hall–Kier alpha value is -2.04. The molecular formula is C10H10N2O3. The smallest absolute Gasteiger partial charge is 0.394 e. The van der Waals surface area contributed by atoms with E-state index in [1.54, 1.807) is 25.1 Å². The molecule has 15 heavy (non-hydrogen) atoms. The summed E-state index contributed by atoms with van der Waals surface area (Å²) in [6.07, 6.45) is 0. The summed E-state index contributed by atoms with van der Waals surface area (Å²) in [6, 6.07) is 5.15. The van der Waals surface area contributed by atoms with Gasteiger partial charge >= 0.3 is 11.9 Å². The average Bonchev–Trinajstić information content (AvgIpc) is 2.63. The Morgan fingerprint density at radius 1 is 1.60 bits per heavy atom. The number of hydrogen-bond acceptors (Lipinski definition) is 5. The van der Waals surface area contributed by atoms with Crippen LogP contribution >= 0.6 is 0 Å². The SMILES string of the molecule is CCOC(=O)c1nc2cccc(N)c2o1. The largest absolute Gasteiger partial charge is 0.459 e. The molecule has 0 aliphatic heterocycles. The van der Waals surface area contributed by atoms with Gasteiger partial charge in [0.05, 0.1) is 12.3 Å². The van der Waals surface area contributed by atoms with Gasteiger partial charge in [-0.05, 0) is 19.1 Å². The molecule has 0 aliphatic rings. The first-order chi connectivity index (χ1) is 7.22. The van der Waals surface area contributed by atoms with Gasteiger partial charge in [-0.3, -0.25) is 0 Å². The molecule has 0 saturated heterocycles. The highest BCUT2D eigenvalue weighted by Gasteiger charge is 2.16. The van der Waals surface area contributed by atoms with E-state index in [0.717, 1.165) is 0 Å². The maximum absolute atomic E-state index is 11.3. The number of fused-ring (bicyclic) bond motifs is 1. The standard InChI is InChI=1S/C10H10N2O3/c1-2-14-10(13)9-12-7-5-3-4-6(11)8(7)15-9/h3-5H,2,11H2,1H3. The number of oxazole rings is 1. The van der Waals surface area contributed by atoms with Crippen LogP contribution in [-0.4, -0.2) is 17.6 Å². The zero-order valence-electron chi connectivity index (χ0n) is 8.19. The van der Waals surface area contributed by atoms with Gasteiger partial charge in [0.25, 0.3) is 0 Å². The van der Waals surface area contributed by atoms with Crippen LogP contribution in [0.2, 0.25) is 0 Å². The van der Waals surface area contributed by atoms with Crippen molar-refractivity contribution in [3.05, 3.63) is 24.1 Å². The van der Waals surface area contributed by atoms with Crippen LogP contribution in [0.1, 0.15) is 17.6 Å². The summed E-state index contributed by atoms with van der Waals surface area (Å²) >= 11 is 0. The molecule has 0 unspecified atom stereocenters. The van der Waals surface area contributed by atoms with Crippen molar-refractivity contribution in [3.63, 3.8) is 0 Å². The van der Waals surface area contributed by atoms with Gasteiger partial charge < -0.3 is 14.9 Å². The van der Waals surface area contributed by atoms with Crippen LogP contribution in [0.25, 0.3) is 11.1 Å². The molecule has 78 valence electrons. The van der Waals surface area contributed by atoms with Crippen LogP contribution in [0.5, 0.6) is 0 Å². The maximum Gasteiger partial charge on any atom is 0.394 e. The van der Waals surface area contributed by atoms with Crippen molar-refractivity contribution in [2.24, 2.45) is 0 Å². The van der Waals surface area contributed by atoms with Crippen LogP contribution in [0, 0.1) is 0 Å². The lowest BCUT2D eigenvalue weighted by Gasteiger charge is -1.94. The van der Waals surface area contributed by atoms with Crippen LogP contribution in [0.15, 0.2) is 22.6 Å². The molecule has 0 bridgehead atoms. The molecule has 5 nitrogen and oxygen atoms in total. The summed E-state index contributed by atoms with van der Waals surface area (Å²) in [7, 11) is 0. The van der Waals surface area contributed by atoms with Crippen molar-refractivity contribution < 1.29 is 13.9 Å². The van der Waals surface area contributed by atoms with Gasteiger partial charge in [0.2, 0.25) is 0 Å². The Morgan fingerprint density at radius 2 is 2.40 bits per heavy atom. The predicted octanol–water partition coefficient (Wildman–Crippen LogP) is 1.59. The highest BCUT2D eigenvalue weighted by atomic mass is 16.5. The molecule has 2 rings (SSSR count). The summed E-state index contributed by atoms with van der Waals surface area (Å²) in [5.41, 5.74) is 7.08. The fraction of sp³-hybridized carbons (Fsp3) is 0.200. The molecule has 0 saturated carbocycles. The fourth-order valence-electron chi connectivity index (χ4n) is 1.25. The minimum atomic E-state index is -0.576. The maximum atomic E-state index is 11.3. The summed E-state index contributed by atoms with van der Waals surface area (Å²) in [5, 5.41) is 0. The van der Waals surface area contributed by atoms with E-state index in [-0.39, 0.29) is 12.5 Å². The van der Waals surface area contributed by atoms with Gasteiger partial charge in [0.1, 0.15) is 5.52 Å². The first kappa shape index (κ1) is 9.51. The molecule has 0 amide bonds. The molecule has 0 radical (unpaired) electrons. The topological polar surface area (TPSA) is 78.3 Å². The number of benzene rings is 1. The van der Waals surface area contributed by atoms with Crippen LogP contribution in [0.3, 0.4) is 0 Å². The lowest BCUT2D eigenvalue weighted by atomic mass is 10.3. The van der Waals surface area contributed by atoms with E-state index in [9.17, 15) is 4.79 Å². The molecule has 1 heterocycles. The third kappa shape index (κ3) is 1.63. The summed E-state index contributed by atoms with van der Waals surface area (Å²) in [4.78, 5) is 15.3. The second kappa shape index (κ2) is 3.61. The number of anilines is 1. The lowest BCUT2D eigenvalue weighted by Crippen LogP contribution is -2.04. The zero-order chi connectivity index (χ0) is 10.8. The minimum absolute atomic E-state index is 0.0650. The third-order valence-electron chi connectivity index (χ3n) is 1.90. The van der Waals surface area contributed by atoms with Crippen LogP contribution in [0.4, 0.5) is 5.69 Å². The number of nitrogens with zero attached hydrogens (tertiary/aromatic N) is 1. The van der Waals surface area contributed by atoms with Crippen molar-refractivity contribution in [1.82, 2.24) is 4.98 Å². The van der Waals surface area contributed by atoms with Crippen molar-refractivity contribution in [3.8, 4) is 0 Å². The van der Waals surface area contributed by atoms with Gasteiger partial charge in [0, 0.05) is 0 Å². The summed E-state index contributed by atoms with van der Waals surface area (Å²) in [6.45, 7) is 2.00. The zero-order valence-corrected chi connectivity index (χ0v) is 8.19. The number of carbonyl (C=O) groups excluding carboxylic acids is 1. The molecule has 2 aromatic rings. The third-order valence-corrected chi connectivity index (χ3v) is 1.90. The molecule has 0 spiro atoms. The first-order valence-corrected chi connectivity index (χ1v) is 4.54. The van der Waals surface area contributed by atoms with Crippen LogP contribution in [-0.2, 0) is 4.74 Å². The van der Waals surface area contributed by atoms with Gasteiger partial charge in [-0.25, -0.2) is 9.78 Å². The second-order valence-electron chi connectivity index (χ2n) is 2.93. The number of aromatic nitrogens is 1. The number of esters is 1. The predicted molar refractivity (Wildman–Crippen MR) is 54.4 cm³/mol. The number of hydrogen-bond donors (Lipinski definition) is 1. The van der Waals surface area contributed by atoms with Gasteiger partial charge in [-0.15, -0.1) is 0 Å². The molecule has 1 aromatic carbocycles. The number of nitrogens with two attached hydrogens (primary N) is 1. The van der Waals surface area contributed by atoms with Crippen molar-refractivity contribution in [2.45, 2.75) is 6.92 Å². The highest BCUT2D eigenvalue weighted by molar-refractivity contribution is 5.91. The quantitative estimate of drug-likeness (QED) is 0.596. The van der Waals surface area contributed by atoms with Gasteiger partial charge in [-0.2, -0.15) is 0 Å². The Kier molecular flexibility index (Phi) is 2.29. The molecule has 1 aromatic heterocycles. The fourth-order valence-corrected chi connectivity index (χ4v) is 1.25. The number of rotatable bonds is 2. The van der Waals surface area contributed by atoms with E-state index >= 15 is 0 Å². The van der Waals surface area contributed by atoms with Gasteiger partial charge in [-0.1, -0.05) is 6.07 Å². The average molecular weight is 206 g/mol. The molecule has 5 heteroatoms.